The maximum Gasteiger partial charge on any atom is 0.341 e. The third-order valence-electron chi connectivity index (χ3n) is 6.74. The third kappa shape index (κ3) is 6.60. The number of anilines is 3. The Morgan fingerprint density at radius 2 is 1.90 bits per heavy atom. The van der Waals surface area contributed by atoms with Crippen LogP contribution >= 0.6 is 0 Å². The SMILES string of the molecule is COc1cc(N(C)CCN(C)C)c([N+](=O)[O-])cc1Nc1ncc(C(=O)OCC(C)C)c(-c2cn(C)c3ccccc23)n1. The molecule has 0 saturated heterocycles. The lowest BCUT2D eigenvalue weighted by atomic mass is 10.1. The number of carbonyl (C=O) groups is 1. The van der Waals surface area contributed by atoms with Crippen LogP contribution in [0.3, 0.4) is 0 Å². The molecular formula is C30H37N7O5. The van der Waals surface area contributed by atoms with Crippen molar-refractivity contribution in [3.05, 3.63) is 64.5 Å². The Balaban J connectivity index is 1.79. The molecule has 0 aliphatic carbocycles. The van der Waals surface area contributed by atoms with Gasteiger partial charge in [-0.1, -0.05) is 32.0 Å². The average Bonchev–Trinajstić information content (AvgIpc) is 3.30. The number of hydrogen-bond acceptors (Lipinski definition) is 10. The van der Waals surface area contributed by atoms with Crippen LogP contribution in [-0.2, 0) is 11.8 Å². The average molecular weight is 576 g/mol. The topological polar surface area (TPSA) is 128 Å². The minimum Gasteiger partial charge on any atom is -0.494 e. The first kappa shape index (κ1) is 30.3. The number of aryl methyl sites for hydroxylation is 1. The molecular weight excluding hydrogens is 538 g/mol. The highest BCUT2D eigenvalue weighted by atomic mass is 16.6. The molecule has 0 atom stereocenters. The van der Waals surface area contributed by atoms with Gasteiger partial charge in [0, 0.05) is 68.2 Å². The van der Waals surface area contributed by atoms with Gasteiger partial charge in [-0.2, -0.15) is 0 Å². The number of benzene rings is 2. The predicted octanol–water partition coefficient (Wildman–Crippen LogP) is 5.11. The van der Waals surface area contributed by atoms with E-state index in [1.165, 1.54) is 19.4 Å². The van der Waals surface area contributed by atoms with Crippen molar-refractivity contribution in [2.24, 2.45) is 13.0 Å². The molecule has 12 heteroatoms. The number of esters is 1. The van der Waals surface area contributed by atoms with Gasteiger partial charge < -0.3 is 29.2 Å². The number of carbonyl (C=O) groups excluding carboxylic acids is 1. The quantitative estimate of drug-likeness (QED) is 0.138. The van der Waals surface area contributed by atoms with Crippen molar-refractivity contribution < 1.29 is 19.2 Å². The van der Waals surface area contributed by atoms with Crippen LogP contribution in [-0.4, -0.2) is 78.3 Å². The van der Waals surface area contributed by atoms with Gasteiger partial charge in [0.05, 0.1) is 30.0 Å². The molecule has 4 rings (SSSR count). The molecule has 0 saturated carbocycles. The van der Waals surface area contributed by atoms with Crippen molar-refractivity contribution in [3.8, 4) is 17.0 Å². The minimum absolute atomic E-state index is 0.0947. The molecule has 42 heavy (non-hydrogen) atoms. The fourth-order valence-corrected chi connectivity index (χ4v) is 4.51. The number of ether oxygens (including phenoxy) is 2. The third-order valence-corrected chi connectivity index (χ3v) is 6.74. The number of aromatic nitrogens is 3. The number of nitro benzene ring substituents is 1. The summed E-state index contributed by atoms with van der Waals surface area (Å²) in [6.45, 7) is 5.47. The number of para-hydroxylation sites is 1. The van der Waals surface area contributed by atoms with Gasteiger partial charge in [0.1, 0.15) is 17.0 Å². The van der Waals surface area contributed by atoms with Crippen LogP contribution in [0.5, 0.6) is 5.75 Å². The molecule has 0 spiro atoms. The molecule has 0 unspecified atom stereocenters. The zero-order valence-corrected chi connectivity index (χ0v) is 25.0. The Hall–Kier alpha value is -4.71. The number of hydrogen-bond donors (Lipinski definition) is 1. The Morgan fingerprint density at radius 1 is 1.17 bits per heavy atom. The first-order valence-corrected chi connectivity index (χ1v) is 13.6. The lowest BCUT2D eigenvalue weighted by Gasteiger charge is -2.22. The molecule has 1 N–H and O–H groups in total. The number of nitrogens with zero attached hydrogens (tertiary/aromatic N) is 6. The van der Waals surface area contributed by atoms with Crippen LogP contribution in [0.1, 0.15) is 24.2 Å². The standard InChI is InChI=1S/C30H37N7O5/c1-19(2)18-42-29(38)21-16-31-30(33-28(21)22-17-36(6)24-11-9-8-10-20(22)24)32-23-14-26(37(39)40)25(15-27(23)41-7)35(5)13-12-34(3)4/h8-11,14-17,19H,12-13,18H2,1-7H3,(H,31,32,33). The molecule has 222 valence electrons. The van der Waals surface area contributed by atoms with Crippen molar-refractivity contribution in [3.63, 3.8) is 0 Å². The summed E-state index contributed by atoms with van der Waals surface area (Å²) in [6, 6.07) is 10.8. The summed E-state index contributed by atoms with van der Waals surface area (Å²) in [6.07, 6.45) is 3.32. The summed E-state index contributed by atoms with van der Waals surface area (Å²) in [7, 11) is 9.10. The molecule has 0 bridgehead atoms. The highest BCUT2D eigenvalue weighted by Crippen LogP contribution is 2.39. The first-order chi connectivity index (χ1) is 20.0. The van der Waals surface area contributed by atoms with Crippen LogP contribution in [0.25, 0.3) is 22.2 Å². The van der Waals surface area contributed by atoms with Crippen LogP contribution in [0.15, 0.2) is 48.8 Å². The lowest BCUT2D eigenvalue weighted by molar-refractivity contribution is -0.384. The van der Waals surface area contributed by atoms with E-state index in [9.17, 15) is 14.9 Å². The van der Waals surface area contributed by atoms with Gasteiger partial charge in [-0.15, -0.1) is 0 Å². The molecule has 2 heterocycles. The predicted molar refractivity (Wildman–Crippen MR) is 164 cm³/mol. The Kier molecular flexibility index (Phi) is 9.26. The van der Waals surface area contributed by atoms with Crippen LogP contribution in [0, 0.1) is 16.0 Å². The molecule has 0 amide bonds. The van der Waals surface area contributed by atoms with Crippen molar-refractivity contribution >= 4 is 39.9 Å². The van der Waals surface area contributed by atoms with Gasteiger partial charge >= 0.3 is 5.97 Å². The second-order valence-corrected chi connectivity index (χ2v) is 10.8. The summed E-state index contributed by atoms with van der Waals surface area (Å²) in [5, 5.41) is 16.1. The van der Waals surface area contributed by atoms with E-state index < -0.39 is 10.9 Å². The minimum atomic E-state index is -0.531. The number of nitro groups is 1. The van der Waals surface area contributed by atoms with Crippen molar-refractivity contribution in [2.75, 3.05) is 58.2 Å². The summed E-state index contributed by atoms with van der Waals surface area (Å²) < 4.78 is 13.1. The monoisotopic (exact) mass is 575 g/mol. The normalized spacial score (nSPS) is 11.3. The van der Waals surface area contributed by atoms with Crippen LogP contribution in [0.4, 0.5) is 23.0 Å². The summed E-state index contributed by atoms with van der Waals surface area (Å²) >= 11 is 0. The van der Waals surface area contributed by atoms with E-state index >= 15 is 0 Å². The van der Waals surface area contributed by atoms with Gasteiger partial charge in [-0.05, 0) is 26.1 Å². The molecule has 4 aromatic rings. The van der Waals surface area contributed by atoms with E-state index in [4.69, 9.17) is 14.5 Å². The summed E-state index contributed by atoms with van der Waals surface area (Å²) in [5.74, 6) is 0.143. The molecule has 2 aromatic carbocycles. The lowest BCUT2D eigenvalue weighted by Crippen LogP contribution is -2.29. The molecule has 0 fully saturated rings. The van der Waals surface area contributed by atoms with E-state index in [0.717, 1.165) is 16.5 Å². The van der Waals surface area contributed by atoms with Crippen molar-refractivity contribution in [2.45, 2.75) is 13.8 Å². The Labute approximate surface area is 245 Å². The maximum absolute atomic E-state index is 13.1. The van der Waals surface area contributed by atoms with E-state index in [1.807, 2.05) is 79.8 Å². The van der Waals surface area contributed by atoms with Gasteiger partial charge in [0.25, 0.3) is 5.69 Å². The second kappa shape index (κ2) is 12.9. The zero-order valence-electron chi connectivity index (χ0n) is 25.0. The Bertz CT molecular complexity index is 1600. The molecule has 2 aromatic heterocycles. The van der Waals surface area contributed by atoms with Gasteiger partial charge in [0.2, 0.25) is 5.95 Å². The molecule has 0 aliphatic heterocycles. The van der Waals surface area contributed by atoms with Gasteiger partial charge in [-0.25, -0.2) is 14.8 Å². The van der Waals surface area contributed by atoms with Gasteiger partial charge in [-0.3, -0.25) is 10.1 Å². The second-order valence-electron chi connectivity index (χ2n) is 10.8. The fourth-order valence-electron chi connectivity index (χ4n) is 4.51. The number of methoxy groups -OCH3 is 1. The number of rotatable bonds is 12. The smallest absolute Gasteiger partial charge is 0.341 e. The van der Waals surface area contributed by atoms with Crippen molar-refractivity contribution in [1.82, 2.24) is 19.4 Å². The number of nitrogens with one attached hydrogen (secondary N) is 1. The molecule has 0 radical (unpaired) electrons. The van der Waals surface area contributed by atoms with Crippen LogP contribution < -0.4 is 15.0 Å². The van der Waals surface area contributed by atoms with E-state index in [2.05, 4.69) is 10.3 Å². The van der Waals surface area contributed by atoms with Crippen molar-refractivity contribution in [1.29, 1.82) is 0 Å². The largest absolute Gasteiger partial charge is 0.494 e. The highest BCUT2D eigenvalue weighted by molar-refractivity contribution is 6.03. The maximum atomic E-state index is 13.1. The number of likely N-dealkylation sites (N-methyl/N-ethyl adjacent to an activating group) is 2. The van der Waals surface area contributed by atoms with E-state index in [-0.39, 0.29) is 29.7 Å². The zero-order chi connectivity index (χ0) is 30.6. The molecule has 12 nitrogen and oxygen atoms in total. The summed E-state index contributed by atoms with van der Waals surface area (Å²) in [5.41, 5.74) is 2.93. The summed E-state index contributed by atoms with van der Waals surface area (Å²) in [4.78, 5) is 37.7. The van der Waals surface area contributed by atoms with Crippen LogP contribution in [0.2, 0.25) is 0 Å². The highest BCUT2D eigenvalue weighted by Gasteiger charge is 2.24. The Morgan fingerprint density at radius 3 is 2.57 bits per heavy atom. The first-order valence-electron chi connectivity index (χ1n) is 13.6. The van der Waals surface area contributed by atoms with E-state index in [0.29, 0.717) is 35.9 Å². The molecule has 0 aliphatic rings. The fraction of sp³-hybridized carbons (Fsp3) is 0.367. The number of fused-ring (bicyclic) bond motifs is 1. The van der Waals surface area contributed by atoms with E-state index in [1.54, 1.807) is 13.1 Å². The van der Waals surface area contributed by atoms with Gasteiger partial charge in [0.15, 0.2) is 0 Å².